The monoisotopic (exact) mass is 338 g/mol. The highest BCUT2D eigenvalue weighted by atomic mass is 16.3. The van der Waals surface area contributed by atoms with Crippen molar-refractivity contribution in [1.82, 2.24) is 10.2 Å². The summed E-state index contributed by atoms with van der Waals surface area (Å²) < 4.78 is 5.43. The Morgan fingerprint density at radius 3 is 2.56 bits per heavy atom. The van der Waals surface area contributed by atoms with E-state index in [0.717, 1.165) is 35.5 Å². The second-order valence-corrected chi connectivity index (χ2v) is 6.45. The number of amides is 3. The molecule has 0 bridgehead atoms. The van der Waals surface area contributed by atoms with E-state index < -0.39 is 17.9 Å². The summed E-state index contributed by atoms with van der Waals surface area (Å²) in [6.45, 7) is 1.58. The molecule has 1 N–H and O–H groups in total. The number of rotatable bonds is 3. The van der Waals surface area contributed by atoms with Gasteiger partial charge in [0.05, 0.1) is 23.4 Å². The molecule has 128 valence electrons. The van der Waals surface area contributed by atoms with E-state index in [1.165, 1.54) is 0 Å². The van der Waals surface area contributed by atoms with E-state index in [1.807, 2.05) is 6.07 Å². The predicted octanol–water partition coefficient (Wildman–Crippen LogP) is 2.46. The van der Waals surface area contributed by atoms with Crippen LogP contribution in [0.2, 0.25) is 0 Å². The number of fused-ring (bicyclic) bond motifs is 2. The van der Waals surface area contributed by atoms with Gasteiger partial charge >= 0.3 is 0 Å². The van der Waals surface area contributed by atoms with Gasteiger partial charge in [-0.15, -0.1) is 0 Å². The lowest BCUT2D eigenvalue weighted by atomic mass is 9.93. The smallest absolute Gasteiger partial charge is 0.262 e. The molecular formula is C19H18N2O4. The topological polar surface area (TPSA) is 79.6 Å². The summed E-state index contributed by atoms with van der Waals surface area (Å²) in [7, 11) is 0. The van der Waals surface area contributed by atoms with Gasteiger partial charge in [-0.05, 0) is 38.0 Å². The minimum Gasteiger partial charge on any atom is -0.469 e. The van der Waals surface area contributed by atoms with Gasteiger partial charge in [-0.2, -0.15) is 0 Å². The number of hydrogen-bond donors (Lipinski definition) is 1. The first-order valence-electron chi connectivity index (χ1n) is 8.41. The Kier molecular flexibility index (Phi) is 3.67. The molecule has 2 atom stereocenters. The highest BCUT2D eigenvalue weighted by Crippen LogP contribution is 2.31. The van der Waals surface area contributed by atoms with Crippen molar-refractivity contribution in [3.8, 4) is 0 Å². The molecule has 0 unspecified atom stereocenters. The van der Waals surface area contributed by atoms with Crippen LogP contribution in [-0.4, -0.2) is 28.7 Å². The van der Waals surface area contributed by atoms with Crippen LogP contribution in [0.5, 0.6) is 0 Å². The Morgan fingerprint density at radius 2 is 1.88 bits per heavy atom. The van der Waals surface area contributed by atoms with Crippen LogP contribution in [0.3, 0.4) is 0 Å². The second kappa shape index (κ2) is 5.88. The molecule has 0 spiro atoms. The van der Waals surface area contributed by atoms with E-state index in [4.69, 9.17) is 4.42 Å². The average molecular weight is 338 g/mol. The van der Waals surface area contributed by atoms with Crippen molar-refractivity contribution in [2.45, 2.75) is 38.3 Å². The number of aryl methyl sites for hydroxylation is 1. The number of benzene rings is 1. The van der Waals surface area contributed by atoms with Crippen LogP contribution in [0, 0.1) is 0 Å². The summed E-state index contributed by atoms with van der Waals surface area (Å²) in [5.74, 6) is -0.287. The van der Waals surface area contributed by atoms with Crippen LogP contribution >= 0.6 is 0 Å². The Labute approximate surface area is 144 Å². The number of furan rings is 1. The van der Waals surface area contributed by atoms with E-state index >= 15 is 0 Å². The van der Waals surface area contributed by atoms with Crippen LogP contribution in [0.4, 0.5) is 0 Å². The van der Waals surface area contributed by atoms with Crippen molar-refractivity contribution in [3.63, 3.8) is 0 Å². The zero-order valence-corrected chi connectivity index (χ0v) is 13.8. The second-order valence-electron chi connectivity index (χ2n) is 6.45. The maximum absolute atomic E-state index is 12.7. The molecule has 0 fully saturated rings. The molecule has 1 aliphatic heterocycles. The van der Waals surface area contributed by atoms with Gasteiger partial charge in [0.2, 0.25) is 5.91 Å². The molecule has 0 saturated heterocycles. The molecule has 2 heterocycles. The normalized spacial score (nSPS) is 20.2. The SMILES string of the molecule is C[C@@H](C(=O)N[C@H]1CCCc2occc21)N1C(=O)c2ccccc2C1=O. The standard InChI is InChI=1S/C19H18N2O4/c1-11(21-18(23)12-5-2-3-6-13(12)19(21)24)17(22)20-15-7-4-8-16-14(15)9-10-25-16/h2-3,5-6,9-11,15H,4,7-8H2,1H3,(H,20,22)/t11-,15-/m0/s1. The third-order valence-electron chi connectivity index (χ3n) is 4.96. The number of imide groups is 1. The van der Waals surface area contributed by atoms with E-state index in [0.29, 0.717) is 11.1 Å². The van der Waals surface area contributed by atoms with Crippen molar-refractivity contribution >= 4 is 17.7 Å². The Hall–Kier alpha value is -2.89. The minimum atomic E-state index is -0.871. The number of nitrogens with one attached hydrogen (secondary N) is 1. The molecule has 1 aromatic carbocycles. The summed E-state index contributed by atoms with van der Waals surface area (Å²) in [6.07, 6.45) is 4.23. The summed E-state index contributed by atoms with van der Waals surface area (Å²) in [4.78, 5) is 38.7. The maximum Gasteiger partial charge on any atom is 0.262 e. The van der Waals surface area contributed by atoms with Gasteiger partial charge in [-0.25, -0.2) is 0 Å². The molecule has 25 heavy (non-hydrogen) atoms. The summed E-state index contributed by atoms with van der Waals surface area (Å²) >= 11 is 0. The first-order valence-corrected chi connectivity index (χ1v) is 8.41. The van der Waals surface area contributed by atoms with Gasteiger partial charge in [0.1, 0.15) is 11.8 Å². The first-order chi connectivity index (χ1) is 12.1. The highest BCUT2D eigenvalue weighted by molar-refractivity contribution is 6.22. The molecular weight excluding hydrogens is 320 g/mol. The Morgan fingerprint density at radius 1 is 1.20 bits per heavy atom. The van der Waals surface area contributed by atoms with Crippen LogP contribution in [0.25, 0.3) is 0 Å². The van der Waals surface area contributed by atoms with Gasteiger partial charge in [0.25, 0.3) is 11.8 Å². The molecule has 0 saturated carbocycles. The summed E-state index contributed by atoms with van der Waals surface area (Å²) in [6, 6.07) is 7.49. The lowest BCUT2D eigenvalue weighted by molar-refractivity contribution is -0.125. The van der Waals surface area contributed by atoms with Crippen molar-refractivity contribution in [2.24, 2.45) is 0 Å². The van der Waals surface area contributed by atoms with E-state index in [-0.39, 0.29) is 11.9 Å². The average Bonchev–Trinajstić information content (AvgIpc) is 3.19. The van der Waals surface area contributed by atoms with E-state index in [9.17, 15) is 14.4 Å². The quantitative estimate of drug-likeness (QED) is 0.872. The van der Waals surface area contributed by atoms with Crippen molar-refractivity contribution in [3.05, 3.63) is 59.0 Å². The minimum absolute atomic E-state index is 0.146. The number of hydrogen-bond acceptors (Lipinski definition) is 4. The maximum atomic E-state index is 12.7. The largest absolute Gasteiger partial charge is 0.469 e. The lowest BCUT2D eigenvalue weighted by Crippen LogP contribution is -2.48. The zero-order chi connectivity index (χ0) is 17.6. The molecule has 6 heteroatoms. The van der Waals surface area contributed by atoms with Gasteiger partial charge in [0, 0.05) is 12.0 Å². The molecule has 0 radical (unpaired) electrons. The third-order valence-corrected chi connectivity index (χ3v) is 4.96. The van der Waals surface area contributed by atoms with Gasteiger partial charge in [0.15, 0.2) is 0 Å². The molecule has 2 aromatic rings. The zero-order valence-electron chi connectivity index (χ0n) is 13.8. The van der Waals surface area contributed by atoms with Crippen LogP contribution in [0.15, 0.2) is 41.0 Å². The van der Waals surface area contributed by atoms with Gasteiger partial charge in [-0.3, -0.25) is 19.3 Å². The number of nitrogens with zero attached hydrogens (tertiary/aromatic N) is 1. The third kappa shape index (κ3) is 2.45. The lowest BCUT2D eigenvalue weighted by Gasteiger charge is -2.27. The summed E-state index contributed by atoms with van der Waals surface area (Å²) in [5, 5.41) is 2.96. The van der Waals surface area contributed by atoms with E-state index in [1.54, 1.807) is 37.5 Å². The number of carbonyl (C=O) groups is 3. The predicted molar refractivity (Wildman–Crippen MR) is 88.9 cm³/mol. The molecule has 4 rings (SSSR count). The molecule has 6 nitrogen and oxygen atoms in total. The van der Waals surface area contributed by atoms with Crippen molar-refractivity contribution in [1.29, 1.82) is 0 Å². The van der Waals surface area contributed by atoms with Crippen LogP contribution in [-0.2, 0) is 11.2 Å². The fourth-order valence-electron chi connectivity index (χ4n) is 3.61. The molecule has 1 aliphatic carbocycles. The Bertz CT molecular complexity index is 835. The number of carbonyl (C=O) groups excluding carboxylic acids is 3. The fourth-order valence-corrected chi connectivity index (χ4v) is 3.61. The van der Waals surface area contributed by atoms with Gasteiger partial charge in [-0.1, -0.05) is 12.1 Å². The van der Waals surface area contributed by atoms with Crippen molar-refractivity contribution in [2.75, 3.05) is 0 Å². The van der Waals surface area contributed by atoms with E-state index in [2.05, 4.69) is 5.32 Å². The fraction of sp³-hybridized carbons (Fsp3) is 0.316. The van der Waals surface area contributed by atoms with Crippen molar-refractivity contribution < 1.29 is 18.8 Å². The highest BCUT2D eigenvalue weighted by Gasteiger charge is 2.41. The molecule has 3 amide bonds. The first kappa shape index (κ1) is 15.6. The summed E-state index contributed by atoms with van der Waals surface area (Å²) in [5.41, 5.74) is 1.68. The van der Waals surface area contributed by atoms with Crippen LogP contribution in [0.1, 0.15) is 57.8 Å². The molecule has 1 aromatic heterocycles. The molecule has 2 aliphatic rings. The Balaban J connectivity index is 1.53. The van der Waals surface area contributed by atoms with Crippen LogP contribution < -0.4 is 5.32 Å². The van der Waals surface area contributed by atoms with Gasteiger partial charge < -0.3 is 9.73 Å².